The first kappa shape index (κ1) is 20.4. The summed E-state index contributed by atoms with van der Waals surface area (Å²) < 4.78 is 1.88. The van der Waals surface area contributed by atoms with E-state index in [-0.39, 0.29) is 11.9 Å². The molecule has 2 heterocycles. The average molecular weight is 410 g/mol. The van der Waals surface area contributed by atoms with Crippen LogP contribution in [0.1, 0.15) is 53.8 Å². The van der Waals surface area contributed by atoms with Crippen molar-refractivity contribution in [2.75, 3.05) is 26.2 Å². The molecule has 160 valence electrons. The van der Waals surface area contributed by atoms with E-state index in [0.29, 0.717) is 37.8 Å². The van der Waals surface area contributed by atoms with Gasteiger partial charge in [-0.25, -0.2) is 9.48 Å². The summed E-state index contributed by atoms with van der Waals surface area (Å²) in [6.45, 7) is 6.27. The van der Waals surface area contributed by atoms with Crippen LogP contribution in [0.25, 0.3) is 5.69 Å². The highest BCUT2D eigenvalue weighted by molar-refractivity contribution is 5.94. The minimum absolute atomic E-state index is 0.0160. The molecule has 1 aromatic carbocycles. The maximum absolute atomic E-state index is 12.9. The number of amides is 3. The van der Waals surface area contributed by atoms with E-state index >= 15 is 0 Å². The van der Waals surface area contributed by atoms with Crippen molar-refractivity contribution in [3.8, 4) is 5.69 Å². The second-order valence-electron chi connectivity index (χ2n) is 8.45. The van der Waals surface area contributed by atoms with Gasteiger partial charge in [-0.1, -0.05) is 19.3 Å². The minimum atomic E-state index is 0.0160. The number of hydrogen-bond acceptors (Lipinski definition) is 3. The predicted molar refractivity (Wildman–Crippen MR) is 116 cm³/mol. The molecule has 1 aliphatic carbocycles. The molecule has 4 rings (SSSR count). The van der Waals surface area contributed by atoms with E-state index in [0.717, 1.165) is 29.9 Å². The Kier molecular flexibility index (Phi) is 6.06. The van der Waals surface area contributed by atoms with Gasteiger partial charge in [0, 0.05) is 43.5 Å². The number of nitrogens with zero attached hydrogens (tertiary/aromatic N) is 4. The third-order valence-corrected chi connectivity index (χ3v) is 6.16. The van der Waals surface area contributed by atoms with Crippen LogP contribution in [0.3, 0.4) is 0 Å². The van der Waals surface area contributed by atoms with Crippen LogP contribution >= 0.6 is 0 Å². The number of aromatic nitrogens is 2. The molecule has 2 aromatic rings. The monoisotopic (exact) mass is 409 g/mol. The summed E-state index contributed by atoms with van der Waals surface area (Å²) in [5.74, 6) is 0.0160. The number of carbonyl (C=O) groups is 2. The standard InChI is InChI=1S/C23H31N5O2/c1-17-16-18(2)28(25-17)21-10-8-19(9-11-21)22(29)26-12-14-27(15-13-26)23(30)24-20-6-4-3-5-7-20/h8-11,16,20H,3-7,12-15H2,1-2H3,(H,24,30). The maximum Gasteiger partial charge on any atom is 0.317 e. The fraction of sp³-hybridized carbons (Fsp3) is 0.522. The van der Waals surface area contributed by atoms with Gasteiger partial charge in [0.1, 0.15) is 0 Å². The Morgan fingerprint density at radius 1 is 0.933 bits per heavy atom. The second-order valence-corrected chi connectivity index (χ2v) is 8.45. The first-order chi connectivity index (χ1) is 14.5. The lowest BCUT2D eigenvalue weighted by Gasteiger charge is -2.36. The molecular formula is C23H31N5O2. The Balaban J connectivity index is 1.31. The van der Waals surface area contributed by atoms with Crippen LogP contribution in [0.5, 0.6) is 0 Å². The van der Waals surface area contributed by atoms with Crippen molar-refractivity contribution in [2.45, 2.75) is 52.0 Å². The molecule has 0 radical (unpaired) electrons. The van der Waals surface area contributed by atoms with E-state index in [1.807, 2.05) is 58.7 Å². The van der Waals surface area contributed by atoms with Crippen LogP contribution in [-0.4, -0.2) is 63.7 Å². The van der Waals surface area contributed by atoms with Crippen LogP contribution < -0.4 is 5.32 Å². The first-order valence-corrected chi connectivity index (χ1v) is 11.0. The van der Waals surface area contributed by atoms with Crippen molar-refractivity contribution >= 4 is 11.9 Å². The molecule has 7 heteroatoms. The van der Waals surface area contributed by atoms with Crippen molar-refractivity contribution in [1.29, 1.82) is 0 Å². The molecule has 2 aliphatic rings. The highest BCUT2D eigenvalue weighted by Gasteiger charge is 2.26. The highest BCUT2D eigenvalue weighted by Crippen LogP contribution is 2.18. The van der Waals surface area contributed by atoms with E-state index in [2.05, 4.69) is 10.4 Å². The first-order valence-electron chi connectivity index (χ1n) is 11.0. The van der Waals surface area contributed by atoms with E-state index in [4.69, 9.17) is 0 Å². The minimum Gasteiger partial charge on any atom is -0.335 e. The zero-order valence-corrected chi connectivity index (χ0v) is 17.9. The zero-order chi connectivity index (χ0) is 21.1. The van der Waals surface area contributed by atoms with Crippen molar-refractivity contribution in [2.24, 2.45) is 0 Å². The van der Waals surface area contributed by atoms with Gasteiger partial charge < -0.3 is 15.1 Å². The molecule has 0 atom stereocenters. The number of aryl methyl sites for hydroxylation is 2. The maximum atomic E-state index is 12.9. The summed E-state index contributed by atoms with van der Waals surface area (Å²) in [6, 6.07) is 9.94. The van der Waals surface area contributed by atoms with E-state index in [1.54, 1.807) is 0 Å². The topological polar surface area (TPSA) is 70.5 Å². The summed E-state index contributed by atoms with van der Waals surface area (Å²) in [4.78, 5) is 29.1. The second kappa shape index (κ2) is 8.90. The molecule has 1 saturated heterocycles. The van der Waals surface area contributed by atoms with Crippen LogP contribution in [0.4, 0.5) is 4.79 Å². The van der Waals surface area contributed by atoms with Crippen LogP contribution in [0.15, 0.2) is 30.3 Å². The molecule has 1 N–H and O–H groups in total. The normalized spacial score (nSPS) is 17.8. The SMILES string of the molecule is Cc1cc(C)n(-c2ccc(C(=O)N3CCN(C(=O)NC4CCCCC4)CC3)cc2)n1. The fourth-order valence-corrected chi connectivity index (χ4v) is 4.44. The molecule has 30 heavy (non-hydrogen) atoms. The number of hydrogen-bond donors (Lipinski definition) is 1. The Bertz CT molecular complexity index is 891. The molecule has 1 saturated carbocycles. The lowest BCUT2D eigenvalue weighted by atomic mass is 9.96. The Hall–Kier alpha value is -2.83. The van der Waals surface area contributed by atoms with Gasteiger partial charge in [0.15, 0.2) is 0 Å². The molecule has 3 amide bonds. The molecule has 0 unspecified atom stereocenters. The third-order valence-electron chi connectivity index (χ3n) is 6.16. The van der Waals surface area contributed by atoms with Gasteiger partial charge in [0.25, 0.3) is 5.91 Å². The van der Waals surface area contributed by atoms with Gasteiger partial charge in [-0.3, -0.25) is 4.79 Å². The number of urea groups is 1. The zero-order valence-electron chi connectivity index (χ0n) is 17.9. The largest absolute Gasteiger partial charge is 0.335 e. The van der Waals surface area contributed by atoms with Crippen molar-refractivity contribution in [3.63, 3.8) is 0 Å². The molecule has 0 bridgehead atoms. The smallest absolute Gasteiger partial charge is 0.317 e. The number of carbonyl (C=O) groups excluding carboxylic acids is 2. The summed E-state index contributed by atoms with van der Waals surface area (Å²) >= 11 is 0. The van der Waals surface area contributed by atoms with Gasteiger partial charge in [0.05, 0.1) is 11.4 Å². The van der Waals surface area contributed by atoms with Gasteiger partial charge in [-0.15, -0.1) is 0 Å². The summed E-state index contributed by atoms with van der Waals surface area (Å²) in [5.41, 5.74) is 3.65. The predicted octanol–water partition coefficient (Wildman–Crippen LogP) is 3.29. The van der Waals surface area contributed by atoms with E-state index < -0.39 is 0 Å². The lowest BCUT2D eigenvalue weighted by molar-refractivity contribution is 0.0662. The number of nitrogens with one attached hydrogen (secondary N) is 1. The number of rotatable bonds is 3. The summed E-state index contributed by atoms with van der Waals surface area (Å²) in [7, 11) is 0. The molecular weight excluding hydrogens is 378 g/mol. The van der Waals surface area contributed by atoms with Gasteiger partial charge in [-0.2, -0.15) is 5.10 Å². The average Bonchev–Trinajstić information content (AvgIpc) is 3.12. The Morgan fingerprint density at radius 2 is 1.57 bits per heavy atom. The van der Waals surface area contributed by atoms with Crippen LogP contribution in [0, 0.1) is 13.8 Å². The highest BCUT2D eigenvalue weighted by atomic mass is 16.2. The summed E-state index contributed by atoms with van der Waals surface area (Å²) in [5, 5.41) is 7.66. The molecule has 1 aromatic heterocycles. The van der Waals surface area contributed by atoms with Gasteiger partial charge >= 0.3 is 6.03 Å². The molecule has 1 aliphatic heterocycles. The van der Waals surface area contributed by atoms with E-state index in [1.165, 1.54) is 19.3 Å². The lowest BCUT2D eigenvalue weighted by Crippen LogP contribution is -2.54. The molecule has 2 fully saturated rings. The summed E-state index contributed by atoms with van der Waals surface area (Å²) in [6.07, 6.45) is 5.84. The van der Waals surface area contributed by atoms with Gasteiger partial charge in [-0.05, 0) is 57.0 Å². The molecule has 7 nitrogen and oxygen atoms in total. The molecule has 0 spiro atoms. The quantitative estimate of drug-likeness (QED) is 0.846. The van der Waals surface area contributed by atoms with Crippen molar-refractivity contribution in [1.82, 2.24) is 24.9 Å². The van der Waals surface area contributed by atoms with Gasteiger partial charge in [0.2, 0.25) is 0 Å². The third kappa shape index (κ3) is 4.50. The number of piperazine rings is 1. The Labute approximate surface area is 178 Å². The fourth-order valence-electron chi connectivity index (χ4n) is 4.44. The van der Waals surface area contributed by atoms with Crippen molar-refractivity contribution < 1.29 is 9.59 Å². The Morgan fingerprint density at radius 3 is 2.17 bits per heavy atom. The van der Waals surface area contributed by atoms with Crippen LogP contribution in [-0.2, 0) is 0 Å². The van der Waals surface area contributed by atoms with E-state index in [9.17, 15) is 9.59 Å². The number of benzene rings is 1. The van der Waals surface area contributed by atoms with Crippen LogP contribution in [0.2, 0.25) is 0 Å². The van der Waals surface area contributed by atoms with Crippen molar-refractivity contribution in [3.05, 3.63) is 47.3 Å².